The predicted octanol–water partition coefficient (Wildman–Crippen LogP) is 1.53. The summed E-state index contributed by atoms with van der Waals surface area (Å²) in [6.07, 6.45) is 3.58. The number of anilines is 1. The number of carbonyl (C=O) groups is 2. The van der Waals surface area contributed by atoms with Gasteiger partial charge < -0.3 is 14.5 Å². The first-order chi connectivity index (χ1) is 13.0. The zero-order valence-electron chi connectivity index (χ0n) is 15.7. The highest BCUT2D eigenvalue weighted by Crippen LogP contribution is 2.12. The van der Waals surface area contributed by atoms with Crippen LogP contribution in [0.25, 0.3) is 0 Å². The lowest BCUT2D eigenvalue weighted by molar-refractivity contribution is -0.151. The molecule has 1 amide bonds. The Labute approximate surface area is 159 Å². The van der Waals surface area contributed by atoms with Crippen LogP contribution < -0.4 is 4.90 Å². The van der Waals surface area contributed by atoms with Crippen LogP contribution in [-0.2, 0) is 20.7 Å². The molecular weight excluding hydrogens is 344 g/mol. The standard InChI is InChI=1S/C20H24N4O3/c1-15-4-5-17(12-16(15)2)13-19(26)27-14-18(25)23-8-10-24(11-9-23)20-21-6-3-7-22-20/h3-7,12H,8-11,13-14H2,1-2H3. The van der Waals surface area contributed by atoms with Crippen LogP contribution in [0.2, 0.25) is 0 Å². The van der Waals surface area contributed by atoms with Crippen molar-refractivity contribution in [3.8, 4) is 0 Å². The zero-order chi connectivity index (χ0) is 19.2. The molecule has 1 aromatic carbocycles. The first kappa shape index (κ1) is 18.8. The number of carbonyl (C=O) groups excluding carboxylic acids is 2. The number of piperazine rings is 1. The van der Waals surface area contributed by atoms with E-state index in [-0.39, 0.29) is 24.9 Å². The Hall–Kier alpha value is -2.96. The first-order valence-electron chi connectivity index (χ1n) is 9.04. The Balaban J connectivity index is 1.43. The maximum Gasteiger partial charge on any atom is 0.310 e. The normalized spacial score (nSPS) is 14.1. The van der Waals surface area contributed by atoms with Gasteiger partial charge >= 0.3 is 5.97 Å². The molecule has 0 aliphatic carbocycles. The van der Waals surface area contributed by atoms with Gasteiger partial charge in [0, 0.05) is 38.6 Å². The molecule has 0 unspecified atom stereocenters. The number of amides is 1. The Morgan fingerprint density at radius 2 is 1.74 bits per heavy atom. The maximum atomic E-state index is 12.3. The van der Waals surface area contributed by atoms with Crippen LogP contribution in [0, 0.1) is 13.8 Å². The second-order valence-corrected chi connectivity index (χ2v) is 6.67. The Morgan fingerprint density at radius 3 is 2.41 bits per heavy atom. The summed E-state index contributed by atoms with van der Waals surface area (Å²) in [5, 5.41) is 0. The maximum absolute atomic E-state index is 12.3. The minimum atomic E-state index is -0.386. The molecule has 1 aromatic heterocycles. The molecule has 1 fully saturated rings. The summed E-state index contributed by atoms with van der Waals surface area (Å²) in [6, 6.07) is 7.65. The van der Waals surface area contributed by atoms with Gasteiger partial charge in [0.2, 0.25) is 5.95 Å². The lowest BCUT2D eigenvalue weighted by Crippen LogP contribution is -2.50. The van der Waals surface area contributed by atoms with E-state index in [0.717, 1.165) is 11.1 Å². The van der Waals surface area contributed by atoms with Crippen LogP contribution in [0.15, 0.2) is 36.7 Å². The van der Waals surface area contributed by atoms with Crippen LogP contribution in [0.4, 0.5) is 5.95 Å². The molecule has 0 spiro atoms. The smallest absolute Gasteiger partial charge is 0.310 e. The van der Waals surface area contributed by atoms with E-state index in [4.69, 9.17) is 4.74 Å². The van der Waals surface area contributed by atoms with E-state index in [1.54, 1.807) is 23.4 Å². The highest BCUT2D eigenvalue weighted by Gasteiger charge is 2.23. The largest absolute Gasteiger partial charge is 0.455 e. The summed E-state index contributed by atoms with van der Waals surface area (Å²) in [6.45, 7) is 6.26. The summed E-state index contributed by atoms with van der Waals surface area (Å²) in [7, 11) is 0. The number of aryl methyl sites for hydroxylation is 2. The summed E-state index contributed by atoms with van der Waals surface area (Å²) in [5.74, 6) is 0.115. The number of hydrogen-bond acceptors (Lipinski definition) is 6. The minimum Gasteiger partial charge on any atom is -0.455 e. The SMILES string of the molecule is Cc1ccc(CC(=O)OCC(=O)N2CCN(c3ncccn3)CC2)cc1C. The van der Waals surface area contributed by atoms with Crippen molar-refractivity contribution in [2.45, 2.75) is 20.3 Å². The number of rotatable bonds is 5. The molecule has 0 bridgehead atoms. The molecule has 1 saturated heterocycles. The van der Waals surface area contributed by atoms with Crippen LogP contribution in [-0.4, -0.2) is 59.5 Å². The number of benzene rings is 1. The Morgan fingerprint density at radius 1 is 1.04 bits per heavy atom. The zero-order valence-corrected chi connectivity index (χ0v) is 15.7. The molecule has 2 aromatic rings. The van der Waals surface area contributed by atoms with Gasteiger partial charge in [0.1, 0.15) is 0 Å². The second kappa shape index (κ2) is 8.62. The number of nitrogens with zero attached hydrogens (tertiary/aromatic N) is 4. The van der Waals surface area contributed by atoms with E-state index in [1.807, 2.05) is 36.9 Å². The molecule has 7 heteroatoms. The molecule has 3 rings (SSSR count). The molecule has 0 N–H and O–H groups in total. The second-order valence-electron chi connectivity index (χ2n) is 6.67. The monoisotopic (exact) mass is 368 g/mol. The molecule has 2 heterocycles. The van der Waals surface area contributed by atoms with Gasteiger partial charge in [-0.25, -0.2) is 9.97 Å². The van der Waals surface area contributed by atoms with Gasteiger partial charge in [-0.15, -0.1) is 0 Å². The molecule has 0 saturated carbocycles. The van der Waals surface area contributed by atoms with Crippen molar-refractivity contribution in [2.24, 2.45) is 0 Å². The Kier molecular flexibility index (Phi) is 6.01. The van der Waals surface area contributed by atoms with Gasteiger partial charge in [-0.3, -0.25) is 9.59 Å². The fourth-order valence-electron chi connectivity index (χ4n) is 2.98. The van der Waals surface area contributed by atoms with Crippen molar-refractivity contribution in [1.82, 2.24) is 14.9 Å². The molecule has 0 atom stereocenters. The molecule has 27 heavy (non-hydrogen) atoms. The van der Waals surface area contributed by atoms with Gasteiger partial charge in [0.25, 0.3) is 5.91 Å². The molecule has 7 nitrogen and oxygen atoms in total. The van der Waals surface area contributed by atoms with E-state index in [0.29, 0.717) is 32.1 Å². The van der Waals surface area contributed by atoms with Gasteiger partial charge in [-0.1, -0.05) is 18.2 Å². The molecular formula is C20H24N4O3. The predicted molar refractivity (Wildman–Crippen MR) is 101 cm³/mol. The fraction of sp³-hybridized carbons (Fsp3) is 0.400. The third-order valence-electron chi connectivity index (χ3n) is 4.74. The van der Waals surface area contributed by atoms with Crippen LogP contribution >= 0.6 is 0 Å². The highest BCUT2D eigenvalue weighted by molar-refractivity contribution is 5.81. The molecule has 0 radical (unpaired) electrons. The lowest BCUT2D eigenvalue weighted by Gasteiger charge is -2.34. The van der Waals surface area contributed by atoms with Crippen molar-refractivity contribution >= 4 is 17.8 Å². The van der Waals surface area contributed by atoms with E-state index < -0.39 is 0 Å². The summed E-state index contributed by atoms with van der Waals surface area (Å²) < 4.78 is 5.17. The summed E-state index contributed by atoms with van der Waals surface area (Å²) in [5.41, 5.74) is 3.21. The van der Waals surface area contributed by atoms with E-state index >= 15 is 0 Å². The van der Waals surface area contributed by atoms with E-state index in [2.05, 4.69) is 9.97 Å². The lowest BCUT2D eigenvalue weighted by atomic mass is 10.0. The number of esters is 1. The topological polar surface area (TPSA) is 75.6 Å². The summed E-state index contributed by atoms with van der Waals surface area (Å²) in [4.78, 5) is 36.5. The van der Waals surface area contributed by atoms with Crippen molar-refractivity contribution in [3.63, 3.8) is 0 Å². The fourth-order valence-corrected chi connectivity index (χ4v) is 2.98. The van der Waals surface area contributed by atoms with Gasteiger partial charge in [-0.2, -0.15) is 0 Å². The van der Waals surface area contributed by atoms with Crippen LogP contribution in [0.5, 0.6) is 0 Å². The summed E-state index contributed by atoms with van der Waals surface area (Å²) >= 11 is 0. The van der Waals surface area contributed by atoms with Crippen molar-refractivity contribution in [3.05, 3.63) is 53.3 Å². The number of hydrogen-bond donors (Lipinski definition) is 0. The Bertz CT molecular complexity index is 802. The number of ether oxygens (including phenoxy) is 1. The molecule has 1 aliphatic heterocycles. The average molecular weight is 368 g/mol. The van der Waals surface area contributed by atoms with Gasteiger partial charge in [-0.05, 0) is 36.6 Å². The van der Waals surface area contributed by atoms with Gasteiger partial charge in [0.15, 0.2) is 6.61 Å². The number of aromatic nitrogens is 2. The highest BCUT2D eigenvalue weighted by atomic mass is 16.5. The average Bonchev–Trinajstić information content (AvgIpc) is 2.70. The minimum absolute atomic E-state index is 0.169. The van der Waals surface area contributed by atoms with Crippen LogP contribution in [0.1, 0.15) is 16.7 Å². The van der Waals surface area contributed by atoms with Crippen molar-refractivity contribution in [2.75, 3.05) is 37.7 Å². The van der Waals surface area contributed by atoms with Crippen molar-refractivity contribution < 1.29 is 14.3 Å². The van der Waals surface area contributed by atoms with E-state index in [9.17, 15) is 9.59 Å². The molecule has 1 aliphatic rings. The van der Waals surface area contributed by atoms with Gasteiger partial charge in [0.05, 0.1) is 6.42 Å². The van der Waals surface area contributed by atoms with E-state index in [1.165, 1.54) is 5.56 Å². The van der Waals surface area contributed by atoms with Crippen LogP contribution in [0.3, 0.4) is 0 Å². The molecule has 142 valence electrons. The quantitative estimate of drug-likeness (QED) is 0.745. The van der Waals surface area contributed by atoms with Crippen molar-refractivity contribution in [1.29, 1.82) is 0 Å². The third-order valence-corrected chi connectivity index (χ3v) is 4.74. The first-order valence-corrected chi connectivity index (χ1v) is 9.04. The third kappa shape index (κ3) is 5.03.